The number of aliphatic carboxylic acids is 1. The number of thioether (sulfide) groups is 2. The summed E-state index contributed by atoms with van der Waals surface area (Å²) >= 11 is 2.38. The van der Waals surface area contributed by atoms with E-state index >= 15 is 0 Å². The Kier molecular flexibility index (Phi) is 9.78. The minimum Gasteiger partial charge on any atom is -0.616 e. The molecule has 12 nitrogen and oxygen atoms in total. The van der Waals surface area contributed by atoms with E-state index in [9.17, 15) is 42.0 Å². The van der Waals surface area contributed by atoms with Gasteiger partial charge in [0.1, 0.15) is 39.7 Å². The monoisotopic (exact) mass is 665 g/mol. The van der Waals surface area contributed by atoms with E-state index in [2.05, 4.69) is 20.3 Å². The van der Waals surface area contributed by atoms with Crippen LogP contribution in [0.25, 0.3) is 0 Å². The first-order valence-electron chi connectivity index (χ1n) is 11.8. The van der Waals surface area contributed by atoms with Crippen LogP contribution in [0.2, 0.25) is 0 Å². The zero-order chi connectivity index (χ0) is 30.9. The standard InChI is InChI=1S/C23H22F3N5O7S4/c1-9-29-30-22(41-9)40-7-12-6-39-19-15(18(33)31(19)16(12)20(34)35)28-17(32)14(27)10-3-4-13(11(5-10)8-42(2)37)38-21(36)23(24,25)26/h3-5,14-15,19H,6-8,27H2,1-2H3,(H,28,32)(H,34,35). The van der Waals surface area contributed by atoms with E-state index in [0.717, 1.165) is 16.0 Å². The second kappa shape index (κ2) is 12.8. The Labute approximate surface area is 251 Å². The molecule has 2 aliphatic rings. The van der Waals surface area contributed by atoms with Crippen LogP contribution in [0.3, 0.4) is 0 Å². The van der Waals surface area contributed by atoms with Crippen LogP contribution in [0.15, 0.2) is 33.8 Å². The number of esters is 1. The molecule has 3 heterocycles. The van der Waals surface area contributed by atoms with Crippen LogP contribution in [-0.4, -0.2) is 83.9 Å². The number of fused-ring (bicyclic) bond motifs is 1. The van der Waals surface area contributed by atoms with Gasteiger partial charge in [0.25, 0.3) is 5.91 Å². The third-order valence-corrected chi connectivity index (χ3v) is 10.1. The van der Waals surface area contributed by atoms with Crippen molar-refractivity contribution >= 4 is 69.8 Å². The number of carboxylic acid groups (broad SMARTS) is 1. The lowest BCUT2D eigenvalue weighted by atomic mass is 10.0. The summed E-state index contributed by atoms with van der Waals surface area (Å²) in [4.78, 5) is 50.5. The average Bonchev–Trinajstić information content (AvgIpc) is 3.34. The summed E-state index contributed by atoms with van der Waals surface area (Å²) in [5.74, 6) is -5.43. The van der Waals surface area contributed by atoms with E-state index in [0.29, 0.717) is 9.91 Å². The summed E-state index contributed by atoms with van der Waals surface area (Å²) in [6.07, 6.45) is -3.98. The molecule has 2 aromatic rings. The van der Waals surface area contributed by atoms with E-state index in [-0.39, 0.29) is 34.1 Å². The van der Waals surface area contributed by atoms with Gasteiger partial charge >= 0.3 is 18.1 Å². The zero-order valence-electron chi connectivity index (χ0n) is 21.7. The molecule has 0 spiro atoms. The minimum atomic E-state index is -5.26. The number of rotatable bonds is 10. The van der Waals surface area contributed by atoms with Crippen LogP contribution in [0, 0.1) is 6.92 Å². The van der Waals surface area contributed by atoms with Gasteiger partial charge in [-0.1, -0.05) is 40.3 Å². The van der Waals surface area contributed by atoms with Gasteiger partial charge in [-0.3, -0.25) is 14.5 Å². The number of β-lactam (4-membered cyclic amide) rings is 1. The molecule has 2 amide bonds. The van der Waals surface area contributed by atoms with Crippen molar-refractivity contribution < 1.29 is 46.7 Å². The topological polar surface area (TPSA) is 188 Å². The molecule has 4 rings (SSSR count). The fourth-order valence-electron chi connectivity index (χ4n) is 4.06. The van der Waals surface area contributed by atoms with Crippen molar-refractivity contribution in [3.05, 3.63) is 45.6 Å². The van der Waals surface area contributed by atoms with Gasteiger partial charge in [0.15, 0.2) is 4.34 Å². The predicted octanol–water partition coefficient (Wildman–Crippen LogP) is 1.72. The maximum absolute atomic E-state index is 13.0. The molecule has 0 radical (unpaired) electrons. The van der Waals surface area contributed by atoms with Gasteiger partial charge in [-0.05, 0) is 30.2 Å². The van der Waals surface area contributed by atoms with Gasteiger partial charge < -0.3 is 25.4 Å². The Balaban J connectivity index is 1.46. The number of nitrogens with zero attached hydrogens (tertiary/aromatic N) is 3. The van der Waals surface area contributed by atoms with E-state index in [1.54, 1.807) is 6.92 Å². The summed E-state index contributed by atoms with van der Waals surface area (Å²) in [6.45, 7) is 1.79. The van der Waals surface area contributed by atoms with Crippen LogP contribution in [-0.2, 0) is 36.1 Å². The van der Waals surface area contributed by atoms with E-state index in [4.69, 9.17) is 5.73 Å². The van der Waals surface area contributed by atoms with Crippen molar-refractivity contribution in [3.8, 4) is 5.75 Å². The first-order valence-corrected chi connectivity index (χ1v) is 16.4. The second-order valence-electron chi connectivity index (χ2n) is 8.98. The smallest absolute Gasteiger partial charge is 0.491 e. The number of alkyl halides is 3. The highest BCUT2D eigenvalue weighted by atomic mass is 32.2. The number of ether oxygens (including phenoxy) is 1. The van der Waals surface area contributed by atoms with Crippen LogP contribution >= 0.6 is 34.9 Å². The maximum Gasteiger partial charge on any atom is 0.491 e. The average molecular weight is 666 g/mol. The number of nitrogens with two attached hydrogens (primary N) is 1. The highest BCUT2D eigenvalue weighted by molar-refractivity contribution is 8.01. The van der Waals surface area contributed by atoms with Gasteiger partial charge in [0.2, 0.25) is 5.91 Å². The molecule has 42 heavy (non-hydrogen) atoms. The van der Waals surface area contributed by atoms with Crippen molar-refractivity contribution in [2.24, 2.45) is 5.73 Å². The van der Waals surface area contributed by atoms with E-state index in [1.165, 1.54) is 53.2 Å². The first kappa shape index (κ1) is 32.1. The molecule has 4 unspecified atom stereocenters. The first-order chi connectivity index (χ1) is 19.7. The number of benzene rings is 1. The molecule has 1 aromatic heterocycles. The van der Waals surface area contributed by atoms with Crippen molar-refractivity contribution in [3.63, 3.8) is 0 Å². The van der Waals surface area contributed by atoms with Gasteiger partial charge in [0, 0.05) is 17.1 Å². The molecule has 0 bridgehead atoms. The predicted molar refractivity (Wildman–Crippen MR) is 148 cm³/mol. The van der Waals surface area contributed by atoms with Crippen LogP contribution < -0.4 is 15.8 Å². The van der Waals surface area contributed by atoms with Crippen LogP contribution in [0.4, 0.5) is 13.2 Å². The number of aryl methyl sites for hydroxylation is 1. The Morgan fingerprint density at radius 3 is 2.67 bits per heavy atom. The number of halogens is 3. The van der Waals surface area contributed by atoms with Crippen LogP contribution in [0.5, 0.6) is 5.75 Å². The molecule has 1 saturated heterocycles. The fraction of sp³-hybridized carbons (Fsp3) is 0.391. The Morgan fingerprint density at radius 2 is 2.07 bits per heavy atom. The van der Waals surface area contributed by atoms with Crippen molar-refractivity contribution in [1.29, 1.82) is 0 Å². The number of nitrogens with one attached hydrogen (secondary N) is 1. The number of hydrogen-bond donors (Lipinski definition) is 3. The Bertz CT molecular complexity index is 1450. The number of hydrogen-bond acceptors (Lipinski definition) is 12. The number of carbonyl (C=O) groups excluding carboxylic acids is 3. The van der Waals surface area contributed by atoms with Gasteiger partial charge in [-0.15, -0.1) is 22.0 Å². The molecule has 4 N–H and O–H groups in total. The summed E-state index contributed by atoms with van der Waals surface area (Å²) in [5.41, 5.74) is 6.47. The summed E-state index contributed by atoms with van der Waals surface area (Å²) < 4.78 is 54.8. The van der Waals surface area contributed by atoms with Gasteiger partial charge in [-0.25, -0.2) is 9.59 Å². The second-order valence-corrected chi connectivity index (χ2v) is 13.9. The zero-order valence-corrected chi connectivity index (χ0v) is 24.9. The molecular formula is C23H22F3N5O7S4. The highest BCUT2D eigenvalue weighted by Crippen LogP contribution is 2.42. The van der Waals surface area contributed by atoms with Crippen LogP contribution in [0.1, 0.15) is 22.2 Å². The molecule has 0 aliphatic carbocycles. The Hall–Kier alpha value is -2.84. The number of aromatic nitrogens is 2. The quantitative estimate of drug-likeness (QED) is 0.110. The summed E-state index contributed by atoms with van der Waals surface area (Å²) in [5, 5.41) is 20.3. The number of carbonyl (C=O) groups is 4. The SMILES string of the molecule is Cc1nnc(SCC2=C(C(=O)O)N3C(=O)C(NC(=O)C(N)c4ccc(OC(=O)C(F)(F)F)c(C[S+](C)[O-])c4)C3SC2)s1. The lowest BCUT2D eigenvalue weighted by Crippen LogP contribution is -2.71. The molecule has 1 fully saturated rings. The molecular weight excluding hydrogens is 644 g/mol. The summed E-state index contributed by atoms with van der Waals surface area (Å²) in [6, 6.07) is 0.897. The van der Waals surface area contributed by atoms with Crippen molar-refractivity contribution in [2.75, 3.05) is 17.8 Å². The van der Waals surface area contributed by atoms with E-state index < -0.39 is 64.3 Å². The molecule has 1 aromatic carbocycles. The number of carboxylic acids is 1. The fourth-order valence-corrected chi connectivity index (χ4v) is 8.02. The molecule has 226 valence electrons. The Morgan fingerprint density at radius 1 is 1.36 bits per heavy atom. The minimum absolute atomic E-state index is 0.0479. The van der Waals surface area contributed by atoms with Gasteiger partial charge in [-0.2, -0.15) is 13.2 Å². The lowest BCUT2D eigenvalue weighted by Gasteiger charge is -2.49. The highest BCUT2D eigenvalue weighted by Gasteiger charge is 2.54. The summed E-state index contributed by atoms with van der Waals surface area (Å²) in [7, 11) is 0. The van der Waals surface area contributed by atoms with Crippen molar-refractivity contribution in [1.82, 2.24) is 20.4 Å². The molecule has 19 heteroatoms. The molecule has 0 saturated carbocycles. The largest absolute Gasteiger partial charge is 0.616 e. The third-order valence-electron chi connectivity index (χ3n) is 5.94. The number of amides is 2. The van der Waals surface area contributed by atoms with Crippen molar-refractivity contribution in [2.45, 2.75) is 40.7 Å². The lowest BCUT2D eigenvalue weighted by molar-refractivity contribution is -0.189. The normalized spacial score (nSPS) is 20.0. The molecule has 2 aliphatic heterocycles. The third kappa shape index (κ3) is 7.03. The van der Waals surface area contributed by atoms with E-state index in [1.807, 2.05) is 0 Å². The van der Waals surface area contributed by atoms with Gasteiger partial charge in [0.05, 0.1) is 6.26 Å². The molecule has 4 atom stereocenters. The maximum atomic E-state index is 13.0.